The number of halogens is 1. The second-order valence-corrected chi connectivity index (χ2v) is 5.05. The van der Waals surface area contributed by atoms with E-state index in [1.165, 1.54) is 5.30 Å². The lowest BCUT2D eigenvalue weighted by Crippen LogP contribution is -1.98. The Kier molecular flexibility index (Phi) is 6.11. The maximum absolute atomic E-state index is 5.08. The number of hydrogen-bond donors (Lipinski definition) is 0. The summed E-state index contributed by atoms with van der Waals surface area (Å²) in [6.07, 6.45) is 0. The van der Waals surface area contributed by atoms with E-state index in [4.69, 9.17) is 4.74 Å². The molecule has 1 nitrogen and oxygen atoms in total. The van der Waals surface area contributed by atoms with Gasteiger partial charge in [0.2, 0.25) is 0 Å². The molecule has 3 heteroatoms. The van der Waals surface area contributed by atoms with Crippen molar-refractivity contribution in [3.8, 4) is 5.75 Å². The van der Waals surface area contributed by atoms with E-state index in [1.807, 2.05) is 12.1 Å². The molecule has 1 rings (SSSR count). The molecule has 0 aromatic heterocycles. The van der Waals surface area contributed by atoms with Crippen LogP contribution in [0.15, 0.2) is 24.3 Å². The minimum Gasteiger partial charge on any atom is -0.497 e. The van der Waals surface area contributed by atoms with Crippen molar-refractivity contribution in [2.24, 2.45) is 0 Å². The molecule has 0 aliphatic carbocycles. The van der Waals surface area contributed by atoms with E-state index >= 15 is 0 Å². The quantitative estimate of drug-likeness (QED) is 0.709. The van der Waals surface area contributed by atoms with Gasteiger partial charge in [0.25, 0.3) is 0 Å². The molecule has 0 aliphatic heterocycles. The Labute approximate surface area is 88.1 Å². The predicted octanol–water partition coefficient (Wildman–Crippen LogP) is 2.83. The van der Waals surface area contributed by atoms with E-state index in [0.29, 0.717) is 0 Å². The third-order valence-electron chi connectivity index (χ3n) is 1.55. The maximum Gasteiger partial charge on any atom is 0.118 e. The smallest absolute Gasteiger partial charge is 0.118 e. The van der Waals surface area contributed by atoms with Gasteiger partial charge in [-0.2, -0.15) is 0 Å². The van der Waals surface area contributed by atoms with Gasteiger partial charge in [0.1, 0.15) is 5.75 Å². The third-order valence-corrected chi connectivity index (χ3v) is 2.79. The Morgan fingerprint density at radius 3 is 2.08 bits per heavy atom. The van der Waals surface area contributed by atoms with E-state index in [1.54, 1.807) is 7.11 Å². The summed E-state index contributed by atoms with van der Waals surface area (Å²) in [6.45, 7) is 4.48. The largest absolute Gasteiger partial charge is 0.497 e. The van der Waals surface area contributed by atoms with Crippen LogP contribution in [0.5, 0.6) is 5.75 Å². The van der Waals surface area contributed by atoms with Crippen molar-refractivity contribution in [1.29, 1.82) is 0 Å². The van der Waals surface area contributed by atoms with Gasteiger partial charge in [0, 0.05) is 0 Å². The molecule has 0 bridgehead atoms. The topological polar surface area (TPSA) is 9.23 Å². The molecule has 1 aromatic rings. The van der Waals surface area contributed by atoms with Crippen LogP contribution in [0, 0.1) is 0 Å². The van der Waals surface area contributed by atoms with Crippen LogP contribution in [-0.4, -0.2) is 12.8 Å². The standard InChI is InChI=1S/C10H15OP.ClH/c1-8(2)12-10-6-4-9(11-3)5-7-10;/h4-8,12H,1-3H3;1H. The summed E-state index contributed by atoms with van der Waals surface area (Å²) in [6, 6.07) is 8.31. The van der Waals surface area contributed by atoms with Crippen molar-refractivity contribution in [3.63, 3.8) is 0 Å². The zero-order chi connectivity index (χ0) is 8.97. The Bertz CT molecular complexity index is 233. The number of methoxy groups -OCH3 is 1. The molecule has 1 atom stereocenters. The summed E-state index contributed by atoms with van der Waals surface area (Å²) in [5.41, 5.74) is 0.749. The Balaban J connectivity index is 0.00000144. The maximum atomic E-state index is 5.08. The van der Waals surface area contributed by atoms with Gasteiger partial charge >= 0.3 is 0 Å². The number of benzene rings is 1. The Morgan fingerprint density at radius 2 is 1.69 bits per heavy atom. The fourth-order valence-corrected chi connectivity index (χ4v) is 2.05. The normalized spacial score (nSPS) is 10.5. The van der Waals surface area contributed by atoms with Gasteiger partial charge < -0.3 is 4.74 Å². The summed E-state index contributed by atoms with van der Waals surface area (Å²) in [4.78, 5) is 0. The monoisotopic (exact) mass is 218 g/mol. The van der Waals surface area contributed by atoms with E-state index in [2.05, 4.69) is 26.0 Å². The van der Waals surface area contributed by atoms with Crippen LogP contribution in [0.25, 0.3) is 0 Å². The molecule has 0 fully saturated rings. The molecular weight excluding hydrogens is 203 g/mol. The summed E-state index contributed by atoms with van der Waals surface area (Å²) >= 11 is 0. The molecule has 0 saturated carbocycles. The molecule has 0 N–H and O–H groups in total. The molecule has 13 heavy (non-hydrogen) atoms. The summed E-state index contributed by atoms with van der Waals surface area (Å²) < 4.78 is 5.08. The summed E-state index contributed by atoms with van der Waals surface area (Å²) in [5.74, 6) is 0.937. The first-order valence-electron chi connectivity index (χ1n) is 4.13. The highest BCUT2D eigenvalue weighted by Gasteiger charge is 1.96. The van der Waals surface area contributed by atoms with Crippen LogP contribution in [0.3, 0.4) is 0 Å². The second kappa shape index (κ2) is 6.23. The van der Waals surface area contributed by atoms with Gasteiger partial charge in [-0.15, -0.1) is 12.4 Å². The van der Waals surface area contributed by atoms with E-state index in [9.17, 15) is 0 Å². The van der Waals surface area contributed by atoms with Crippen LogP contribution in [0.2, 0.25) is 0 Å². The molecule has 0 radical (unpaired) electrons. The van der Waals surface area contributed by atoms with Crippen molar-refractivity contribution >= 4 is 26.3 Å². The lowest BCUT2D eigenvalue weighted by Gasteiger charge is -2.05. The first-order valence-corrected chi connectivity index (χ1v) is 5.20. The zero-order valence-corrected chi connectivity index (χ0v) is 10.0. The minimum absolute atomic E-state index is 0. The first-order chi connectivity index (χ1) is 5.72. The molecule has 1 unspecified atom stereocenters. The third kappa shape index (κ3) is 4.50. The van der Waals surface area contributed by atoms with Crippen LogP contribution in [0.4, 0.5) is 0 Å². The average molecular weight is 219 g/mol. The Morgan fingerprint density at radius 1 is 1.15 bits per heavy atom. The van der Waals surface area contributed by atoms with Crippen molar-refractivity contribution in [3.05, 3.63) is 24.3 Å². The van der Waals surface area contributed by atoms with Crippen molar-refractivity contribution in [2.75, 3.05) is 7.11 Å². The van der Waals surface area contributed by atoms with Crippen molar-refractivity contribution < 1.29 is 4.74 Å². The van der Waals surface area contributed by atoms with E-state index in [-0.39, 0.29) is 12.4 Å². The first kappa shape index (κ1) is 12.7. The zero-order valence-electron chi connectivity index (χ0n) is 8.20. The SMILES string of the molecule is COc1ccc(PC(C)C)cc1.Cl. The minimum atomic E-state index is 0. The average Bonchev–Trinajstić information content (AvgIpc) is 2.05. The second-order valence-electron chi connectivity index (χ2n) is 3.03. The number of hydrogen-bond acceptors (Lipinski definition) is 1. The predicted molar refractivity (Wildman–Crippen MR) is 63.3 cm³/mol. The van der Waals surface area contributed by atoms with Gasteiger partial charge in [-0.05, 0) is 23.1 Å². The van der Waals surface area contributed by atoms with Gasteiger partial charge in [-0.25, -0.2) is 0 Å². The van der Waals surface area contributed by atoms with Gasteiger partial charge in [0.15, 0.2) is 0 Å². The van der Waals surface area contributed by atoms with Crippen LogP contribution in [-0.2, 0) is 0 Å². The highest BCUT2D eigenvalue weighted by atomic mass is 35.5. The van der Waals surface area contributed by atoms with Crippen LogP contribution in [0.1, 0.15) is 13.8 Å². The number of rotatable bonds is 3. The molecule has 0 saturated heterocycles. The summed E-state index contributed by atoms with van der Waals surface area (Å²) in [5, 5.41) is 1.41. The fourth-order valence-electron chi connectivity index (χ4n) is 1.02. The van der Waals surface area contributed by atoms with Gasteiger partial charge in [-0.3, -0.25) is 0 Å². The van der Waals surface area contributed by atoms with Crippen molar-refractivity contribution in [2.45, 2.75) is 19.5 Å². The molecular formula is C10H16ClOP. The van der Waals surface area contributed by atoms with E-state index < -0.39 is 0 Å². The van der Waals surface area contributed by atoms with Crippen LogP contribution >= 0.6 is 21.0 Å². The Hall–Kier alpha value is -0.260. The summed E-state index contributed by atoms with van der Waals surface area (Å²) in [7, 11) is 2.60. The molecule has 1 aromatic carbocycles. The molecule has 0 aliphatic rings. The lowest BCUT2D eigenvalue weighted by molar-refractivity contribution is 0.415. The fraction of sp³-hybridized carbons (Fsp3) is 0.400. The molecule has 0 heterocycles. The molecule has 74 valence electrons. The van der Waals surface area contributed by atoms with E-state index in [0.717, 1.165) is 20.0 Å². The number of ether oxygens (including phenoxy) is 1. The van der Waals surface area contributed by atoms with Crippen LogP contribution < -0.4 is 10.0 Å². The molecule has 0 amide bonds. The van der Waals surface area contributed by atoms with Crippen molar-refractivity contribution in [1.82, 2.24) is 0 Å². The molecule has 0 spiro atoms. The highest BCUT2D eigenvalue weighted by Crippen LogP contribution is 2.18. The van der Waals surface area contributed by atoms with Gasteiger partial charge in [0.05, 0.1) is 7.11 Å². The van der Waals surface area contributed by atoms with Gasteiger partial charge in [-0.1, -0.05) is 34.6 Å². The highest BCUT2D eigenvalue weighted by molar-refractivity contribution is 7.47. The lowest BCUT2D eigenvalue weighted by atomic mass is 10.3.